The molecule has 0 saturated heterocycles. The Bertz CT molecular complexity index is 722. The van der Waals surface area contributed by atoms with Crippen LogP contribution in [0.4, 0.5) is 5.95 Å². The van der Waals surface area contributed by atoms with E-state index in [1.807, 2.05) is 13.0 Å². The van der Waals surface area contributed by atoms with Gasteiger partial charge in [-0.15, -0.1) is 0 Å². The number of aryl methyl sites for hydroxylation is 1. The molecule has 8 heteroatoms. The smallest absolute Gasteiger partial charge is 0.257 e. The van der Waals surface area contributed by atoms with Gasteiger partial charge >= 0.3 is 0 Å². The van der Waals surface area contributed by atoms with Crippen molar-refractivity contribution in [3.05, 3.63) is 36.7 Å². The highest BCUT2D eigenvalue weighted by Crippen LogP contribution is 2.19. The fourth-order valence-corrected chi connectivity index (χ4v) is 1.71. The van der Waals surface area contributed by atoms with E-state index in [0.717, 1.165) is 11.1 Å². The van der Waals surface area contributed by atoms with E-state index in [-0.39, 0.29) is 0 Å². The van der Waals surface area contributed by atoms with Gasteiger partial charge in [0.25, 0.3) is 5.95 Å². The summed E-state index contributed by atoms with van der Waals surface area (Å²) in [5, 5.41) is 6.94. The van der Waals surface area contributed by atoms with E-state index in [1.54, 1.807) is 19.4 Å². The minimum Gasteiger partial charge on any atom is -0.357 e. The molecule has 1 N–H and O–H groups in total. The maximum absolute atomic E-state index is 4.41. The number of hydrogen-bond donors (Lipinski definition) is 1. The first kappa shape index (κ1) is 12.2. The van der Waals surface area contributed by atoms with Crippen LogP contribution in [0.1, 0.15) is 5.56 Å². The molecule has 0 amide bonds. The molecule has 20 heavy (non-hydrogen) atoms. The lowest BCUT2D eigenvalue weighted by atomic mass is 10.1. The molecule has 0 aliphatic heterocycles. The Kier molecular flexibility index (Phi) is 3.04. The third-order valence-corrected chi connectivity index (χ3v) is 2.75. The normalized spacial score (nSPS) is 10.5. The summed E-state index contributed by atoms with van der Waals surface area (Å²) in [7, 11) is 1.75. The van der Waals surface area contributed by atoms with Gasteiger partial charge in [0.2, 0.25) is 5.95 Å². The first-order chi connectivity index (χ1) is 9.78. The number of pyridine rings is 1. The number of anilines is 1. The average molecular weight is 268 g/mol. The van der Waals surface area contributed by atoms with Gasteiger partial charge in [0.05, 0.1) is 0 Å². The van der Waals surface area contributed by atoms with Crippen LogP contribution in [0.15, 0.2) is 31.1 Å². The molecule has 0 unspecified atom stereocenters. The number of rotatable bonds is 3. The summed E-state index contributed by atoms with van der Waals surface area (Å²) in [5.41, 5.74) is 1.89. The molecule has 3 rings (SSSR count). The highest BCUT2D eigenvalue weighted by atomic mass is 15.4. The van der Waals surface area contributed by atoms with E-state index in [9.17, 15) is 0 Å². The van der Waals surface area contributed by atoms with Crippen molar-refractivity contribution in [1.82, 2.24) is 34.7 Å². The molecule has 0 spiro atoms. The summed E-state index contributed by atoms with van der Waals surface area (Å²) < 4.78 is 1.48. The Morgan fingerprint density at radius 3 is 2.75 bits per heavy atom. The van der Waals surface area contributed by atoms with Gasteiger partial charge in [0, 0.05) is 25.0 Å². The van der Waals surface area contributed by atoms with Crippen LogP contribution in [0.25, 0.3) is 17.3 Å². The van der Waals surface area contributed by atoms with Crippen molar-refractivity contribution in [3.8, 4) is 17.3 Å². The molecule has 0 aliphatic rings. The van der Waals surface area contributed by atoms with Crippen LogP contribution in [0.5, 0.6) is 0 Å². The van der Waals surface area contributed by atoms with Crippen molar-refractivity contribution >= 4 is 5.95 Å². The fraction of sp³-hybridized carbons (Fsp3) is 0.167. The minimum atomic E-state index is 0.403. The molecule has 3 aromatic rings. The molecule has 0 fully saturated rings. The van der Waals surface area contributed by atoms with Gasteiger partial charge in [-0.25, -0.2) is 4.98 Å². The highest BCUT2D eigenvalue weighted by Gasteiger charge is 2.11. The van der Waals surface area contributed by atoms with E-state index >= 15 is 0 Å². The summed E-state index contributed by atoms with van der Waals surface area (Å²) in [6, 6.07) is 1.91. The minimum absolute atomic E-state index is 0.403. The molecule has 0 aromatic carbocycles. The number of nitrogens with one attached hydrogen (secondary N) is 1. The van der Waals surface area contributed by atoms with Gasteiger partial charge < -0.3 is 5.32 Å². The summed E-state index contributed by atoms with van der Waals surface area (Å²) in [5.74, 6) is 1.41. The lowest BCUT2D eigenvalue weighted by Crippen LogP contribution is -2.08. The maximum atomic E-state index is 4.41. The summed E-state index contributed by atoms with van der Waals surface area (Å²) in [4.78, 5) is 21.0. The zero-order valence-corrected chi connectivity index (χ0v) is 11.0. The Morgan fingerprint density at radius 2 is 2.05 bits per heavy atom. The second-order valence-electron chi connectivity index (χ2n) is 4.06. The zero-order valence-electron chi connectivity index (χ0n) is 11.0. The molecule has 100 valence electrons. The topological polar surface area (TPSA) is 94.3 Å². The fourth-order valence-electron chi connectivity index (χ4n) is 1.71. The Hall–Kier alpha value is -2.90. The first-order valence-corrected chi connectivity index (χ1v) is 5.98. The SMILES string of the molecule is CNc1nc(-c2cnccc2C)nc(-n2cncn2)n1. The van der Waals surface area contributed by atoms with Crippen LogP contribution in [-0.4, -0.2) is 41.7 Å². The third kappa shape index (κ3) is 2.18. The van der Waals surface area contributed by atoms with E-state index in [0.29, 0.717) is 17.7 Å². The molecule has 0 radical (unpaired) electrons. The van der Waals surface area contributed by atoms with E-state index in [4.69, 9.17) is 0 Å². The summed E-state index contributed by atoms with van der Waals surface area (Å²) in [6.07, 6.45) is 6.43. The third-order valence-electron chi connectivity index (χ3n) is 2.75. The average Bonchev–Trinajstić information content (AvgIpc) is 3.01. The highest BCUT2D eigenvalue weighted by molar-refractivity contribution is 5.59. The van der Waals surface area contributed by atoms with Crippen molar-refractivity contribution < 1.29 is 0 Å². The molecular formula is C12H12N8. The zero-order chi connectivity index (χ0) is 13.9. The van der Waals surface area contributed by atoms with Crippen LogP contribution >= 0.6 is 0 Å². The summed E-state index contributed by atoms with van der Waals surface area (Å²) in [6.45, 7) is 1.98. The molecule has 0 saturated carbocycles. The Balaban J connectivity index is 2.17. The Morgan fingerprint density at radius 1 is 1.15 bits per heavy atom. The van der Waals surface area contributed by atoms with Crippen LogP contribution in [-0.2, 0) is 0 Å². The van der Waals surface area contributed by atoms with Crippen LogP contribution in [0.3, 0.4) is 0 Å². The second-order valence-corrected chi connectivity index (χ2v) is 4.06. The van der Waals surface area contributed by atoms with Gasteiger partial charge in [0.15, 0.2) is 5.82 Å². The van der Waals surface area contributed by atoms with E-state index in [2.05, 4.69) is 35.3 Å². The van der Waals surface area contributed by atoms with Crippen molar-refractivity contribution in [1.29, 1.82) is 0 Å². The second kappa shape index (κ2) is 5.00. The molecule has 3 heterocycles. The van der Waals surface area contributed by atoms with Crippen LogP contribution < -0.4 is 5.32 Å². The predicted octanol–water partition coefficient (Wildman–Crippen LogP) is 0.864. The predicted molar refractivity (Wildman–Crippen MR) is 72.3 cm³/mol. The monoisotopic (exact) mass is 268 g/mol. The van der Waals surface area contributed by atoms with Crippen molar-refractivity contribution in [3.63, 3.8) is 0 Å². The molecule has 3 aromatic heterocycles. The molecule has 0 bridgehead atoms. The van der Waals surface area contributed by atoms with Crippen molar-refractivity contribution in [2.75, 3.05) is 12.4 Å². The first-order valence-electron chi connectivity index (χ1n) is 5.98. The standard InChI is InChI=1S/C12H12N8/c1-8-3-4-14-5-9(8)10-17-11(13-2)19-12(18-10)20-7-15-6-16-20/h3-7H,1-2H3,(H,13,17,18,19). The molecule has 0 atom stereocenters. The van der Waals surface area contributed by atoms with Gasteiger partial charge in [-0.2, -0.15) is 24.7 Å². The van der Waals surface area contributed by atoms with Gasteiger partial charge in [-0.1, -0.05) is 0 Å². The number of hydrogen-bond acceptors (Lipinski definition) is 7. The lowest BCUT2D eigenvalue weighted by molar-refractivity contribution is 0.798. The number of aromatic nitrogens is 7. The molecule has 0 aliphatic carbocycles. The van der Waals surface area contributed by atoms with Gasteiger partial charge in [0.1, 0.15) is 12.7 Å². The van der Waals surface area contributed by atoms with Crippen LogP contribution in [0.2, 0.25) is 0 Å². The number of nitrogens with zero attached hydrogens (tertiary/aromatic N) is 7. The molecule has 8 nitrogen and oxygen atoms in total. The van der Waals surface area contributed by atoms with Gasteiger partial charge in [-0.05, 0) is 18.6 Å². The van der Waals surface area contributed by atoms with Crippen LogP contribution in [0, 0.1) is 6.92 Å². The maximum Gasteiger partial charge on any atom is 0.257 e. The van der Waals surface area contributed by atoms with Crippen molar-refractivity contribution in [2.45, 2.75) is 6.92 Å². The quantitative estimate of drug-likeness (QED) is 0.752. The van der Waals surface area contributed by atoms with E-state index in [1.165, 1.54) is 17.3 Å². The Labute approximate surface area is 115 Å². The largest absolute Gasteiger partial charge is 0.357 e. The van der Waals surface area contributed by atoms with Gasteiger partial charge in [-0.3, -0.25) is 4.98 Å². The lowest BCUT2D eigenvalue weighted by Gasteiger charge is -2.07. The van der Waals surface area contributed by atoms with E-state index < -0.39 is 0 Å². The molecular weight excluding hydrogens is 256 g/mol. The summed E-state index contributed by atoms with van der Waals surface area (Å²) >= 11 is 0. The van der Waals surface area contributed by atoms with Crippen molar-refractivity contribution in [2.24, 2.45) is 0 Å².